The normalized spacial score (nSPS) is 11.7. The number of ether oxygens (including phenoxy) is 1. The molecule has 0 atom stereocenters. The van der Waals surface area contributed by atoms with Crippen LogP contribution in [0.1, 0.15) is 19.9 Å². The fourth-order valence-electron chi connectivity index (χ4n) is 3.47. The van der Waals surface area contributed by atoms with Gasteiger partial charge >= 0.3 is 5.91 Å². The van der Waals surface area contributed by atoms with Crippen LogP contribution in [0.2, 0.25) is 0 Å². The van der Waals surface area contributed by atoms with Crippen LogP contribution in [-0.4, -0.2) is 22.2 Å². The number of hydrogen-bond donors (Lipinski definition) is 1. The summed E-state index contributed by atoms with van der Waals surface area (Å²) in [5.41, 5.74) is 1.08. The van der Waals surface area contributed by atoms with Gasteiger partial charge in [0.25, 0.3) is 0 Å². The lowest BCUT2D eigenvalue weighted by molar-refractivity contribution is -0.120. The zero-order chi connectivity index (χ0) is 21.3. The highest BCUT2D eigenvalue weighted by atomic mass is 79.9. The van der Waals surface area contributed by atoms with E-state index in [1.165, 1.54) is 0 Å². The van der Waals surface area contributed by atoms with Crippen LogP contribution in [0.4, 0.5) is 5.69 Å². The topological polar surface area (TPSA) is 76.2 Å². The summed E-state index contributed by atoms with van der Waals surface area (Å²) in [6, 6.07) is 19.1. The number of amides is 1. The van der Waals surface area contributed by atoms with Gasteiger partial charge in [0, 0.05) is 21.3 Å². The van der Waals surface area contributed by atoms with Gasteiger partial charge < -0.3 is 14.4 Å². The predicted octanol–water partition coefficient (Wildman–Crippen LogP) is 6.53. The van der Waals surface area contributed by atoms with Crippen LogP contribution in [0.15, 0.2) is 75.4 Å². The third-order valence-corrected chi connectivity index (χ3v) is 5.29. The first kappa shape index (κ1) is 20.1. The zero-order valence-corrected chi connectivity index (χ0v) is 18.1. The van der Waals surface area contributed by atoms with Gasteiger partial charge in [-0.15, -0.1) is 10.2 Å². The maximum absolute atomic E-state index is 12.3. The van der Waals surface area contributed by atoms with E-state index in [-0.39, 0.29) is 24.2 Å². The molecular weight excluding hydrogens is 446 g/mol. The zero-order valence-electron chi connectivity index (χ0n) is 16.5. The van der Waals surface area contributed by atoms with Crippen LogP contribution in [0.5, 0.6) is 11.6 Å². The highest BCUT2D eigenvalue weighted by Gasteiger charge is 2.19. The number of rotatable bonds is 5. The van der Waals surface area contributed by atoms with E-state index < -0.39 is 5.91 Å². The van der Waals surface area contributed by atoms with E-state index in [2.05, 4.69) is 26.2 Å². The summed E-state index contributed by atoms with van der Waals surface area (Å²) in [6.07, 6.45) is 0. The molecule has 1 N–H and O–H groups in total. The second-order valence-electron chi connectivity index (χ2n) is 7.16. The lowest BCUT2D eigenvalue weighted by atomic mass is 10.1. The van der Waals surface area contributed by atoms with Crippen LogP contribution < -0.4 is 4.74 Å². The van der Waals surface area contributed by atoms with E-state index in [0.717, 1.165) is 20.8 Å². The molecule has 30 heavy (non-hydrogen) atoms. The maximum atomic E-state index is 12.3. The third-order valence-electron chi connectivity index (χ3n) is 4.79. The molecule has 4 aromatic rings. The lowest BCUT2D eigenvalue weighted by Gasteiger charge is -2.10. The van der Waals surface area contributed by atoms with E-state index >= 15 is 0 Å². The number of benzene rings is 3. The average Bonchev–Trinajstić information content (AvgIpc) is 3.01. The third kappa shape index (κ3) is 3.80. The van der Waals surface area contributed by atoms with Crippen LogP contribution in [0.25, 0.3) is 21.7 Å². The summed E-state index contributed by atoms with van der Waals surface area (Å²) in [5.74, 6) is 0.0484. The first-order valence-electron chi connectivity index (χ1n) is 9.53. The Morgan fingerprint density at radius 3 is 2.67 bits per heavy atom. The SMILES string of the molecule is CC(C)n1c(O)c(N=NC(=O)COc2cccc3ccccc23)c2cc(Br)ccc21. The van der Waals surface area contributed by atoms with Crippen molar-refractivity contribution in [2.24, 2.45) is 10.2 Å². The monoisotopic (exact) mass is 465 g/mol. The molecule has 1 aromatic heterocycles. The summed E-state index contributed by atoms with van der Waals surface area (Å²) in [5, 5.41) is 21.2. The molecule has 0 saturated heterocycles. The van der Waals surface area contributed by atoms with Crippen molar-refractivity contribution in [3.8, 4) is 11.6 Å². The number of halogens is 1. The van der Waals surface area contributed by atoms with Crippen molar-refractivity contribution in [2.75, 3.05) is 6.61 Å². The summed E-state index contributed by atoms with van der Waals surface area (Å²) < 4.78 is 8.27. The Bertz CT molecular complexity index is 1270. The summed E-state index contributed by atoms with van der Waals surface area (Å²) in [7, 11) is 0. The number of aromatic hydroxyl groups is 1. The molecule has 152 valence electrons. The molecule has 1 heterocycles. The van der Waals surface area contributed by atoms with E-state index in [1.807, 2.05) is 74.5 Å². The van der Waals surface area contributed by atoms with Gasteiger partial charge in [-0.3, -0.25) is 4.79 Å². The van der Waals surface area contributed by atoms with Gasteiger partial charge in [-0.1, -0.05) is 52.3 Å². The minimum Gasteiger partial charge on any atom is -0.493 e. The highest BCUT2D eigenvalue weighted by Crippen LogP contribution is 2.41. The Morgan fingerprint density at radius 1 is 1.10 bits per heavy atom. The molecular formula is C23H20BrN3O3. The van der Waals surface area contributed by atoms with Crippen LogP contribution in [0.3, 0.4) is 0 Å². The van der Waals surface area contributed by atoms with Gasteiger partial charge in [0.2, 0.25) is 5.88 Å². The van der Waals surface area contributed by atoms with Gasteiger partial charge in [-0.2, -0.15) is 0 Å². The molecule has 0 unspecified atom stereocenters. The second-order valence-corrected chi connectivity index (χ2v) is 8.07. The maximum Gasteiger partial charge on any atom is 0.302 e. The number of carbonyl (C=O) groups is 1. The Labute approximate surface area is 181 Å². The Balaban J connectivity index is 1.58. The first-order chi connectivity index (χ1) is 14.5. The fourth-order valence-corrected chi connectivity index (χ4v) is 3.83. The van der Waals surface area contributed by atoms with Gasteiger partial charge in [-0.25, -0.2) is 0 Å². The molecule has 0 bridgehead atoms. The van der Waals surface area contributed by atoms with Crippen LogP contribution >= 0.6 is 15.9 Å². The van der Waals surface area contributed by atoms with Crippen molar-refractivity contribution >= 4 is 49.2 Å². The second kappa shape index (κ2) is 8.28. The number of azo groups is 1. The molecule has 0 fully saturated rings. The molecule has 0 saturated carbocycles. The smallest absolute Gasteiger partial charge is 0.302 e. The van der Waals surface area contributed by atoms with Crippen molar-refractivity contribution in [1.29, 1.82) is 0 Å². The number of aromatic nitrogens is 1. The average molecular weight is 466 g/mol. The van der Waals surface area contributed by atoms with Crippen LogP contribution in [-0.2, 0) is 4.79 Å². The number of carbonyl (C=O) groups excluding carboxylic acids is 1. The number of hydrogen-bond acceptors (Lipinski definition) is 4. The number of nitrogens with zero attached hydrogens (tertiary/aromatic N) is 3. The van der Waals surface area contributed by atoms with Gasteiger partial charge in [0.1, 0.15) is 5.75 Å². The van der Waals surface area contributed by atoms with Gasteiger partial charge in [0.05, 0.1) is 5.52 Å². The van der Waals surface area contributed by atoms with Crippen molar-refractivity contribution in [3.05, 3.63) is 65.1 Å². The van der Waals surface area contributed by atoms with Crippen molar-refractivity contribution in [3.63, 3.8) is 0 Å². The largest absolute Gasteiger partial charge is 0.493 e. The van der Waals surface area contributed by atoms with E-state index in [4.69, 9.17) is 4.74 Å². The standard InChI is InChI=1S/C23H20BrN3O3/c1-14(2)27-19-11-10-16(24)12-18(19)22(23(27)29)26-25-21(28)13-30-20-9-5-7-15-6-3-4-8-17(15)20/h3-12,14,29H,13H2,1-2H3. The predicted molar refractivity (Wildman–Crippen MR) is 121 cm³/mol. The molecule has 7 heteroatoms. The molecule has 3 aromatic carbocycles. The van der Waals surface area contributed by atoms with Gasteiger partial charge in [-0.05, 0) is 43.5 Å². The molecule has 6 nitrogen and oxygen atoms in total. The first-order valence-corrected chi connectivity index (χ1v) is 10.3. The molecule has 0 aliphatic rings. The molecule has 0 spiro atoms. The minimum absolute atomic E-state index is 0.0167. The molecule has 0 aliphatic carbocycles. The Morgan fingerprint density at radius 2 is 1.87 bits per heavy atom. The highest BCUT2D eigenvalue weighted by molar-refractivity contribution is 9.10. The van der Waals surface area contributed by atoms with E-state index in [0.29, 0.717) is 11.1 Å². The fraction of sp³-hybridized carbons (Fsp3) is 0.174. The lowest BCUT2D eigenvalue weighted by Crippen LogP contribution is -2.08. The Kier molecular flexibility index (Phi) is 5.55. The van der Waals surface area contributed by atoms with Crippen molar-refractivity contribution in [1.82, 2.24) is 4.57 Å². The molecule has 0 radical (unpaired) electrons. The summed E-state index contributed by atoms with van der Waals surface area (Å²) in [6.45, 7) is 3.68. The van der Waals surface area contributed by atoms with Crippen LogP contribution in [0, 0.1) is 0 Å². The van der Waals surface area contributed by atoms with Gasteiger partial charge in [0.15, 0.2) is 12.3 Å². The Hall–Kier alpha value is -3.19. The van der Waals surface area contributed by atoms with Crippen molar-refractivity contribution in [2.45, 2.75) is 19.9 Å². The molecule has 4 rings (SSSR count). The number of fused-ring (bicyclic) bond motifs is 2. The van der Waals surface area contributed by atoms with E-state index in [9.17, 15) is 9.90 Å². The molecule has 0 aliphatic heterocycles. The van der Waals surface area contributed by atoms with Crippen molar-refractivity contribution < 1.29 is 14.6 Å². The minimum atomic E-state index is -0.539. The van der Waals surface area contributed by atoms with E-state index in [1.54, 1.807) is 4.57 Å². The summed E-state index contributed by atoms with van der Waals surface area (Å²) in [4.78, 5) is 12.3. The summed E-state index contributed by atoms with van der Waals surface area (Å²) >= 11 is 3.44. The quantitative estimate of drug-likeness (QED) is 0.340. The molecule has 1 amide bonds.